The molecule has 132 valence electrons. The summed E-state index contributed by atoms with van der Waals surface area (Å²) in [6.45, 7) is 0. The van der Waals surface area contributed by atoms with Crippen molar-refractivity contribution < 1.29 is 18.0 Å². The lowest BCUT2D eigenvalue weighted by Crippen LogP contribution is -2.27. The van der Waals surface area contributed by atoms with E-state index in [1.165, 1.54) is 18.2 Å². The van der Waals surface area contributed by atoms with E-state index in [0.717, 1.165) is 24.5 Å². The molecule has 1 nitrogen and oxygen atoms in total. The van der Waals surface area contributed by atoms with E-state index in [2.05, 4.69) is 0 Å². The van der Waals surface area contributed by atoms with Gasteiger partial charge in [-0.15, -0.1) is 0 Å². The summed E-state index contributed by atoms with van der Waals surface area (Å²) in [6.07, 6.45) is -2.90. The minimum atomic E-state index is -4.54. The first-order valence-corrected chi connectivity index (χ1v) is 8.68. The number of alkyl halides is 3. The van der Waals surface area contributed by atoms with Crippen LogP contribution in [0.3, 0.4) is 0 Å². The van der Waals surface area contributed by atoms with Gasteiger partial charge >= 0.3 is 6.18 Å². The highest BCUT2D eigenvalue weighted by atomic mass is 35.5. The van der Waals surface area contributed by atoms with Gasteiger partial charge in [-0.2, -0.15) is 13.2 Å². The van der Waals surface area contributed by atoms with E-state index in [9.17, 15) is 18.0 Å². The average Bonchev–Trinajstić information content (AvgIpc) is 2.54. The third-order valence-electron chi connectivity index (χ3n) is 4.77. The molecule has 0 aromatic heterocycles. The molecule has 0 amide bonds. The van der Waals surface area contributed by atoms with E-state index in [4.69, 9.17) is 23.2 Å². The first-order valence-electron chi connectivity index (χ1n) is 7.92. The summed E-state index contributed by atoms with van der Waals surface area (Å²) >= 11 is 12.4. The van der Waals surface area contributed by atoms with Crippen molar-refractivity contribution in [2.24, 2.45) is 5.92 Å². The minimum Gasteiger partial charge on any atom is -0.294 e. The first-order chi connectivity index (χ1) is 11.8. The molecule has 0 radical (unpaired) electrons. The van der Waals surface area contributed by atoms with Crippen molar-refractivity contribution in [3.63, 3.8) is 0 Å². The molecule has 6 heteroatoms. The SMILES string of the molecule is O=C(C[C@@H]1CC[C@@H]1c1c(Cl)cccc1Cl)c1ccccc1C(F)(F)F. The van der Waals surface area contributed by atoms with Crippen molar-refractivity contribution in [1.82, 2.24) is 0 Å². The topological polar surface area (TPSA) is 17.1 Å². The van der Waals surface area contributed by atoms with Crippen LogP contribution in [0.2, 0.25) is 10.0 Å². The second kappa shape index (κ2) is 7.00. The lowest BCUT2D eigenvalue weighted by atomic mass is 9.67. The van der Waals surface area contributed by atoms with Crippen LogP contribution in [0, 0.1) is 5.92 Å². The molecule has 1 saturated carbocycles. The average molecular weight is 387 g/mol. The summed E-state index contributed by atoms with van der Waals surface area (Å²) in [7, 11) is 0. The fourth-order valence-electron chi connectivity index (χ4n) is 3.38. The predicted octanol–water partition coefficient (Wildman–Crippen LogP) is 6.78. The quantitative estimate of drug-likeness (QED) is 0.529. The molecular formula is C19H15Cl2F3O. The monoisotopic (exact) mass is 386 g/mol. The van der Waals surface area contributed by atoms with Gasteiger partial charge in [-0.3, -0.25) is 4.79 Å². The van der Waals surface area contributed by atoms with Gasteiger partial charge in [0, 0.05) is 22.0 Å². The molecule has 2 aromatic rings. The molecule has 2 atom stereocenters. The van der Waals surface area contributed by atoms with E-state index >= 15 is 0 Å². The Bertz CT molecular complexity index is 781. The summed E-state index contributed by atoms with van der Waals surface area (Å²) < 4.78 is 39.3. The molecule has 3 rings (SSSR count). The lowest BCUT2D eigenvalue weighted by molar-refractivity contribution is -0.137. The molecular weight excluding hydrogens is 372 g/mol. The second-order valence-corrected chi connectivity index (χ2v) is 7.06. The highest BCUT2D eigenvalue weighted by molar-refractivity contribution is 6.36. The molecule has 2 aromatic carbocycles. The standard InChI is InChI=1S/C19H15Cl2F3O/c20-15-6-3-7-16(21)18(15)12-9-8-11(12)10-17(25)13-4-1-2-5-14(13)19(22,23)24/h1-7,11-12H,8-10H2/t11-,12-/m0/s1. The number of rotatable bonds is 4. The maximum absolute atomic E-state index is 13.1. The van der Waals surface area contributed by atoms with Gasteiger partial charge in [-0.25, -0.2) is 0 Å². The number of carbonyl (C=O) groups is 1. The number of halogens is 5. The molecule has 0 bridgehead atoms. The molecule has 0 saturated heterocycles. The van der Waals surface area contributed by atoms with E-state index in [0.29, 0.717) is 10.0 Å². The van der Waals surface area contributed by atoms with Crippen LogP contribution in [-0.4, -0.2) is 5.78 Å². The van der Waals surface area contributed by atoms with Crippen molar-refractivity contribution in [2.45, 2.75) is 31.4 Å². The molecule has 0 N–H and O–H groups in total. The van der Waals surface area contributed by atoms with E-state index in [1.807, 2.05) is 0 Å². The van der Waals surface area contributed by atoms with Gasteiger partial charge in [0.15, 0.2) is 5.78 Å². The Morgan fingerprint density at radius 3 is 2.20 bits per heavy atom. The molecule has 1 aliphatic rings. The summed E-state index contributed by atoms with van der Waals surface area (Å²) in [4.78, 5) is 12.5. The number of ketones is 1. The fourth-order valence-corrected chi connectivity index (χ4v) is 4.06. The normalized spacial score (nSPS) is 20.2. The van der Waals surface area contributed by atoms with Crippen molar-refractivity contribution in [3.8, 4) is 0 Å². The van der Waals surface area contributed by atoms with Gasteiger partial charge in [0.25, 0.3) is 0 Å². The van der Waals surface area contributed by atoms with Crippen LogP contribution in [0.15, 0.2) is 42.5 Å². The van der Waals surface area contributed by atoms with Crippen LogP contribution in [-0.2, 0) is 6.18 Å². The summed E-state index contributed by atoms with van der Waals surface area (Å²) in [5.74, 6) is -0.541. The molecule has 1 aliphatic carbocycles. The molecule has 0 spiro atoms. The van der Waals surface area contributed by atoms with Gasteiger partial charge < -0.3 is 0 Å². The first kappa shape index (κ1) is 18.3. The predicted molar refractivity (Wildman–Crippen MR) is 92.3 cm³/mol. The van der Waals surface area contributed by atoms with Crippen LogP contribution < -0.4 is 0 Å². The Morgan fingerprint density at radius 2 is 1.64 bits per heavy atom. The highest BCUT2D eigenvalue weighted by Gasteiger charge is 2.39. The molecule has 1 fully saturated rings. The Morgan fingerprint density at radius 1 is 1.00 bits per heavy atom. The van der Waals surface area contributed by atoms with E-state index in [1.54, 1.807) is 18.2 Å². The van der Waals surface area contributed by atoms with E-state index < -0.39 is 17.5 Å². The van der Waals surface area contributed by atoms with Crippen molar-refractivity contribution in [2.75, 3.05) is 0 Å². The maximum Gasteiger partial charge on any atom is 0.417 e. The van der Waals surface area contributed by atoms with Crippen molar-refractivity contribution in [1.29, 1.82) is 0 Å². The number of hydrogen-bond donors (Lipinski definition) is 0. The zero-order valence-electron chi connectivity index (χ0n) is 13.1. The summed E-state index contributed by atoms with van der Waals surface area (Å²) in [5.41, 5.74) is -0.364. The molecule has 0 heterocycles. The van der Waals surface area contributed by atoms with Crippen molar-refractivity contribution in [3.05, 3.63) is 69.2 Å². The van der Waals surface area contributed by atoms with Crippen LogP contribution in [0.4, 0.5) is 13.2 Å². The smallest absolute Gasteiger partial charge is 0.294 e. The molecule has 25 heavy (non-hydrogen) atoms. The largest absolute Gasteiger partial charge is 0.417 e. The lowest BCUT2D eigenvalue weighted by Gasteiger charge is -2.37. The molecule has 0 unspecified atom stereocenters. The Labute approximate surface area is 153 Å². The third-order valence-corrected chi connectivity index (χ3v) is 5.43. The Kier molecular flexibility index (Phi) is 5.12. The third kappa shape index (κ3) is 3.70. The summed E-state index contributed by atoms with van der Waals surface area (Å²) in [5, 5.41) is 1.07. The minimum absolute atomic E-state index is 0.00296. The zero-order valence-corrected chi connectivity index (χ0v) is 14.6. The molecule has 0 aliphatic heterocycles. The van der Waals surface area contributed by atoms with Gasteiger partial charge in [0.1, 0.15) is 0 Å². The van der Waals surface area contributed by atoms with Crippen LogP contribution in [0.1, 0.15) is 46.7 Å². The van der Waals surface area contributed by atoms with Crippen LogP contribution in [0.25, 0.3) is 0 Å². The van der Waals surface area contributed by atoms with Crippen molar-refractivity contribution >= 4 is 29.0 Å². The number of benzene rings is 2. The number of hydrogen-bond acceptors (Lipinski definition) is 1. The van der Waals surface area contributed by atoms with Gasteiger partial charge in [0.2, 0.25) is 0 Å². The van der Waals surface area contributed by atoms with Crippen LogP contribution in [0.5, 0.6) is 0 Å². The van der Waals surface area contributed by atoms with Gasteiger partial charge in [-0.1, -0.05) is 47.5 Å². The zero-order chi connectivity index (χ0) is 18.2. The van der Waals surface area contributed by atoms with Gasteiger partial charge in [0.05, 0.1) is 5.56 Å². The Hall–Kier alpha value is -1.52. The number of carbonyl (C=O) groups excluding carboxylic acids is 1. The van der Waals surface area contributed by atoms with Gasteiger partial charge in [-0.05, 0) is 48.4 Å². The van der Waals surface area contributed by atoms with Crippen LogP contribution >= 0.6 is 23.2 Å². The van der Waals surface area contributed by atoms with E-state index in [-0.39, 0.29) is 23.8 Å². The fraction of sp³-hybridized carbons (Fsp3) is 0.316. The maximum atomic E-state index is 13.1. The number of Topliss-reactive ketones (excluding diaryl/α,β-unsaturated/α-hetero) is 1. The Balaban J connectivity index is 1.81. The highest BCUT2D eigenvalue weighted by Crippen LogP contribution is 2.49. The second-order valence-electron chi connectivity index (χ2n) is 6.25. The summed E-state index contributed by atoms with van der Waals surface area (Å²) in [6, 6.07) is 10.1.